The summed E-state index contributed by atoms with van der Waals surface area (Å²) < 4.78 is 42.5. The standard InChI is InChI=1S/C20H21F3N6O4/c21-12-1-3-13(4-2-12)26-18-14(17(25)31)9-29(27-18)16-11(8-24)5-6-28(19(32)33)15(16)7-20(22,23)10-30/h1-4,9,11,15-16,30H,5-7,10H2,(H2,25,31)(H,26,27)(H,32,33)/t11-,15?,16-/m0/s1. The predicted octanol–water partition coefficient (Wildman–Crippen LogP) is 2.32. The van der Waals surface area contributed by atoms with Crippen LogP contribution in [0.2, 0.25) is 0 Å². The van der Waals surface area contributed by atoms with Crippen LogP contribution in [0.15, 0.2) is 30.5 Å². The van der Waals surface area contributed by atoms with Gasteiger partial charge >= 0.3 is 6.09 Å². The topological polar surface area (TPSA) is 158 Å². The van der Waals surface area contributed by atoms with Crippen LogP contribution in [0.5, 0.6) is 0 Å². The number of aromatic nitrogens is 2. The van der Waals surface area contributed by atoms with E-state index in [1.807, 2.05) is 6.07 Å². The fourth-order valence-electron chi connectivity index (χ4n) is 3.89. The molecule has 2 aromatic rings. The van der Waals surface area contributed by atoms with Crippen LogP contribution in [0, 0.1) is 23.1 Å². The Labute approximate surface area is 186 Å². The van der Waals surface area contributed by atoms with Crippen molar-refractivity contribution >= 4 is 23.5 Å². The number of aliphatic hydroxyl groups excluding tert-OH is 1. The smallest absolute Gasteiger partial charge is 0.407 e. The van der Waals surface area contributed by atoms with Gasteiger partial charge in [0.1, 0.15) is 18.0 Å². The minimum absolute atomic E-state index is 0.0428. The first-order chi connectivity index (χ1) is 15.6. The molecule has 2 amide bonds. The van der Waals surface area contributed by atoms with E-state index in [0.29, 0.717) is 5.69 Å². The summed E-state index contributed by atoms with van der Waals surface area (Å²) in [7, 11) is 0. The van der Waals surface area contributed by atoms with Crippen LogP contribution in [0.25, 0.3) is 0 Å². The Morgan fingerprint density at radius 3 is 2.55 bits per heavy atom. The van der Waals surface area contributed by atoms with Crippen LogP contribution in [0.3, 0.4) is 0 Å². The average molecular weight is 466 g/mol. The van der Waals surface area contributed by atoms with Gasteiger partial charge in [-0.05, 0) is 30.7 Å². The molecule has 1 aromatic carbocycles. The van der Waals surface area contributed by atoms with Gasteiger partial charge < -0.3 is 26.2 Å². The molecular weight excluding hydrogens is 445 g/mol. The quantitative estimate of drug-likeness (QED) is 0.487. The Hall–Kier alpha value is -3.79. The highest BCUT2D eigenvalue weighted by Gasteiger charge is 2.47. The van der Waals surface area contributed by atoms with Crippen molar-refractivity contribution in [1.82, 2.24) is 14.7 Å². The van der Waals surface area contributed by atoms with Gasteiger partial charge in [-0.2, -0.15) is 10.4 Å². The van der Waals surface area contributed by atoms with Gasteiger partial charge in [0.2, 0.25) is 0 Å². The number of hydrogen-bond acceptors (Lipinski definition) is 6. The number of benzene rings is 1. The zero-order valence-corrected chi connectivity index (χ0v) is 17.2. The first-order valence-corrected chi connectivity index (χ1v) is 9.85. The molecule has 0 saturated carbocycles. The number of halogens is 3. The molecule has 3 atom stereocenters. The molecule has 5 N–H and O–H groups in total. The number of carboxylic acid groups (broad SMARTS) is 1. The van der Waals surface area contributed by atoms with E-state index in [2.05, 4.69) is 10.4 Å². The second kappa shape index (κ2) is 9.37. The van der Waals surface area contributed by atoms with E-state index in [1.54, 1.807) is 0 Å². The number of nitriles is 1. The zero-order valence-electron chi connectivity index (χ0n) is 17.2. The number of nitrogens with zero attached hydrogens (tertiary/aromatic N) is 4. The molecular formula is C20H21F3N6O4. The van der Waals surface area contributed by atoms with Gasteiger partial charge in [-0.1, -0.05) is 0 Å². The third-order valence-corrected chi connectivity index (χ3v) is 5.45. The van der Waals surface area contributed by atoms with Crippen molar-refractivity contribution in [1.29, 1.82) is 5.26 Å². The summed E-state index contributed by atoms with van der Waals surface area (Å²) in [5, 5.41) is 35.2. The summed E-state index contributed by atoms with van der Waals surface area (Å²) in [6.07, 6.45) is -1.34. The van der Waals surface area contributed by atoms with Crippen molar-refractivity contribution in [2.24, 2.45) is 11.7 Å². The van der Waals surface area contributed by atoms with E-state index in [-0.39, 0.29) is 24.3 Å². The zero-order chi connectivity index (χ0) is 24.3. The molecule has 0 bridgehead atoms. The third-order valence-electron chi connectivity index (χ3n) is 5.45. The maximum atomic E-state index is 14.1. The molecule has 1 aliphatic rings. The number of nitrogens with one attached hydrogen (secondary N) is 1. The maximum Gasteiger partial charge on any atom is 0.407 e. The van der Waals surface area contributed by atoms with Gasteiger partial charge in [-0.15, -0.1) is 0 Å². The lowest BCUT2D eigenvalue weighted by molar-refractivity contribution is -0.0846. The second-order valence-electron chi connectivity index (χ2n) is 7.64. The Morgan fingerprint density at radius 1 is 1.33 bits per heavy atom. The molecule has 3 rings (SSSR count). The number of hydrogen-bond donors (Lipinski definition) is 4. The average Bonchev–Trinajstić information content (AvgIpc) is 3.18. The number of carbonyl (C=O) groups excluding carboxylic acids is 1. The summed E-state index contributed by atoms with van der Waals surface area (Å²) in [4.78, 5) is 24.5. The SMILES string of the molecule is N#C[C@@H]1CCN(C(=O)O)C(CC(F)(F)CO)[C@H]1n1cc(C(N)=O)c(Nc2ccc(F)cc2)n1. The molecule has 10 nitrogen and oxygen atoms in total. The molecule has 1 aromatic heterocycles. The highest BCUT2D eigenvalue weighted by Crippen LogP contribution is 2.39. The van der Waals surface area contributed by atoms with Crippen molar-refractivity contribution in [2.75, 3.05) is 18.5 Å². The van der Waals surface area contributed by atoms with Crippen molar-refractivity contribution < 1.29 is 33.0 Å². The third kappa shape index (κ3) is 5.17. The van der Waals surface area contributed by atoms with E-state index in [4.69, 9.17) is 10.8 Å². The van der Waals surface area contributed by atoms with Crippen molar-refractivity contribution in [3.05, 3.63) is 41.8 Å². The number of carbonyl (C=O) groups is 2. The molecule has 0 aliphatic carbocycles. The molecule has 1 unspecified atom stereocenters. The fourth-order valence-corrected chi connectivity index (χ4v) is 3.89. The van der Waals surface area contributed by atoms with Gasteiger partial charge in [0.05, 0.1) is 24.1 Å². The highest BCUT2D eigenvalue weighted by atomic mass is 19.3. The Balaban J connectivity index is 2.07. The van der Waals surface area contributed by atoms with Crippen molar-refractivity contribution in [3.63, 3.8) is 0 Å². The number of anilines is 2. The first-order valence-electron chi connectivity index (χ1n) is 9.85. The van der Waals surface area contributed by atoms with E-state index >= 15 is 0 Å². The van der Waals surface area contributed by atoms with Crippen molar-refractivity contribution in [3.8, 4) is 6.07 Å². The Bertz CT molecular complexity index is 1070. The highest BCUT2D eigenvalue weighted by molar-refractivity contribution is 5.98. The Morgan fingerprint density at radius 2 is 2.00 bits per heavy atom. The largest absolute Gasteiger partial charge is 0.465 e. The summed E-state index contributed by atoms with van der Waals surface area (Å²) in [6.45, 7) is -1.68. The summed E-state index contributed by atoms with van der Waals surface area (Å²) in [5.41, 5.74) is 5.63. The normalized spacial score (nSPS) is 20.8. The van der Waals surface area contributed by atoms with Crippen LogP contribution in [-0.2, 0) is 0 Å². The monoisotopic (exact) mass is 466 g/mol. The number of likely N-dealkylation sites (tertiary alicyclic amines) is 1. The number of primary amides is 1. The molecule has 33 heavy (non-hydrogen) atoms. The molecule has 1 aliphatic heterocycles. The number of alkyl halides is 2. The molecule has 0 radical (unpaired) electrons. The van der Waals surface area contributed by atoms with Crippen LogP contribution in [0.4, 0.5) is 29.5 Å². The van der Waals surface area contributed by atoms with Crippen LogP contribution >= 0.6 is 0 Å². The summed E-state index contributed by atoms with van der Waals surface area (Å²) >= 11 is 0. The lowest BCUT2D eigenvalue weighted by Gasteiger charge is -2.43. The lowest BCUT2D eigenvalue weighted by atomic mass is 9.83. The first kappa shape index (κ1) is 23.9. The van der Waals surface area contributed by atoms with Crippen LogP contribution in [0.1, 0.15) is 29.2 Å². The van der Waals surface area contributed by atoms with Crippen LogP contribution in [-0.4, -0.2) is 62.0 Å². The van der Waals surface area contributed by atoms with Gasteiger partial charge in [0.25, 0.3) is 11.8 Å². The number of amides is 2. The van der Waals surface area contributed by atoms with E-state index in [9.17, 15) is 33.1 Å². The minimum atomic E-state index is -3.62. The number of rotatable bonds is 7. The van der Waals surface area contributed by atoms with Gasteiger partial charge in [-0.25, -0.2) is 18.0 Å². The van der Waals surface area contributed by atoms with E-state index < -0.39 is 54.8 Å². The fraction of sp³-hybridized carbons (Fsp3) is 0.400. The second-order valence-corrected chi connectivity index (χ2v) is 7.64. The molecule has 0 spiro atoms. The molecule has 1 saturated heterocycles. The lowest BCUT2D eigenvalue weighted by Crippen LogP contribution is -2.54. The molecule has 2 heterocycles. The summed E-state index contributed by atoms with van der Waals surface area (Å²) in [6, 6.07) is 4.43. The van der Waals surface area contributed by atoms with E-state index in [0.717, 1.165) is 27.9 Å². The molecule has 13 heteroatoms. The maximum absolute atomic E-state index is 14.1. The van der Waals surface area contributed by atoms with E-state index in [1.165, 1.54) is 12.1 Å². The van der Waals surface area contributed by atoms with Gasteiger partial charge in [0, 0.05) is 24.8 Å². The van der Waals surface area contributed by atoms with Gasteiger partial charge in [0.15, 0.2) is 5.82 Å². The molecule has 1 fully saturated rings. The Kier molecular flexibility index (Phi) is 6.78. The predicted molar refractivity (Wildman–Crippen MR) is 108 cm³/mol. The minimum Gasteiger partial charge on any atom is -0.465 e. The van der Waals surface area contributed by atoms with Crippen molar-refractivity contribution in [2.45, 2.75) is 30.8 Å². The van der Waals surface area contributed by atoms with Gasteiger partial charge in [-0.3, -0.25) is 9.48 Å². The van der Waals surface area contributed by atoms with Crippen LogP contribution < -0.4 is 11.1 Å². The summed E-state index contributed by atoms with van der Waals surface area (Å²) in [5.74, 6) is -6.03. The molecule has 176 valence electrons. The number of piperidine rings is 1. The number of aliphatic hydroxyl groups is 1. The number of nitrogens with two attached hydrogens (primary N) is 1.